The first kappa shape index (κ1) is 17.9. The minimum absolute atomic E-state index is 0.133. The quantitative estimate of drug-likeness (QED) is 0.795. The molecule has 0 unspecified atom stereocenters. The molecule has 0 heterocycles. The third-order valence-electron chi connectivity index (χ3n) is 3.67. The lowest BCUT2D eigenvalue weighted by atomic mass is 10.1. The Morgan fingerprint density at radius 1 is 1.08 bits per heavy atom. The van der Waals surface area contributed by atoms with Gasteiger partial charge in [-0.15, -0.1) is 0 Å². The van der Waals surface area contributed by atoms with Gasteiger partial charge in [0, 0.05) is 12.1 Å². The molecule has 0 aromatic heterocycles. The van der Waals surface area contributed by atoms with E-state index in [-0.39, 0.29) is 5.91 Å². The average Bonchev–Trinajstić information content (AvgIpc) is 2.60. The molecule has 4 heteroatoms. The molecular formula is C20H25NO3. The Balaban J connectivity index is 1.98. The number of nitrogens with one attached hydrogen (secondary N) is 1. The van der Waals surface area contributed by atoms with Gasteiger partial charge in [0.1, 0.15) is 0 Å². The van der Waals surface area contributed by atoms with Crippen molar-refractivity contribution in [1.29, 1.82) is 0 Å². The smallest absolute Gasteiger partial charge is 0.251 e. The zero-order chi connectivity index (χ0) is 17.4. The molecule has 0 bridgehead atoms. The molecule has 0 aliphatic carbocycles. The van der Waals surface area contributed by atoms with Crippen LogP contribution in [0.15, 0.2) is 48.5 Å². The van der Waals surface area contributed by atoms with E-state index in [0.29, 0.717) is 36.1 Å². The number of hydrogen-bond donors (Lipinski definition) is 1. The zero-order valence-corrected chi connectivity index (χ0v) is 14.5. The van der Waals surface area contributed by atoms with E-state index in [2.05, 4.69) is 19.2 Å². The molecule has 0 fully saturated rings. The molecule has 1 amide bonds. The number of methoxy groups -OCH3 is 1. The van der Waals surface area contributed by atoms with Crippen molar-refractivity contribution in [2.24, 2.45) is 5.92 Å². The van der Waals surface area contributed by atoms with Gasteiger partial charge in [-0.05, 0) is 36.1 Å². The maximum absolute atomic E-state index is 12.3. The van der Waals surface area contributed by atoms with Crippen molar-refractivity contribution < 1.29 is 14.3 Å². The fraction of sp³-hybridized carbons (Fsp3) is 0.350. The van der Waals surface area contributed by atoms with Crippen molar-refractivity contribution in [3.8, 4) is 11.5 Å². The second-order valence-electron chi connectivity index (χ2n) is 6.06. The van der Waals surface area contributed by atoms with Crippen molar-refractivity contribution in [2.45, 2.75) is 26.8 Å². The molecule has 1 N–H and O–H groups in total. The van der Waals surface area contributed by atoms with Gasteiger partial charge >= 0.3 is 0 Å². The molecule has 128 valence electrons. The fourth-order valence-electron chi connectivity index (χ4n) is 2.21. The Bertz CT molecular complexity index is 653. The van der Waals surface area contributed by atoms with Crippen molar-refractivity contribution in [3.63, 3.8) is 0 Å². The lowest BCUT2D eigenvalue weighted by molar-refractivity contribution is 0.0950. The van der Waals surface area contributed by atoms with Crippen LogP contribution in [0, 0.1) is 5.92 Å². The van der Waals surface area contributed by atoms with Crippen LogP contribution < -0.4 is 14.8 Å². The van der Waals surface area contributed by atoms with E-state index in [1.54, 1.807) is 25.3 Å². The summed E-state index contributed by atoms with van der Waals surface area (Å²) in [5, 5.41) is 2.91. The van der Waals surface area contributed by atoms with E-state index in [4.69, 9.17) is 9.47 Å². The van der Waals surface area contributed by atoms with Gasteiger partial charge in [0.2, 0.25) is 0 Å². The fourth-order valence-corrected chi connectivity index (χ4v) is 2.21. The SMILES string of the molecule is COc1cc(C(=O)NCc2ccccc2)ccc1OCCC(C)C. The minimum atomic E-state index is -0.133. The summed E-state index contributed by atoms with van der Waals surface area (Å²) in [7, 11) is 1.58. The Kier molecular flexibility index (Phi) is 6.67. The first-order valence-corrected chi connectivity index (χ1v) is 8.23. The summed E-state index contributed by atoms with van der Waals surface area (Å²) < 4.78 is 11.1. The number of ether oxygens (including phenoxy) is 2. The second kappa shape index (κ2) is 8.96. The van der Waals surface area contributed by atoms with Gasteiger partial charge in [-0.2, -0.15) is 0 Å². The van der Waals surface area contributed by atoms with Gasteiger partial charge in [-0.3, -0.25) is 4.79 Å². The monoisotopic (exact) mass is 327 g/mol. The Morgan fingerprint density at radius 3 is 2.50 bits per heavy atom. The van der Waals surface area contributed by atoms with Gasteiger partial charge < -0.3 is 14.8 Å². The molecule has 0 saturated carbocycles. The summed E-state index contributed by atoms with van der Waals surface area (Å²) in [5.74, 6) is 1.69. The van der Waals surface area contributed by atoms with Gasteiger partial charge in [0.15, 0.2) is 11.5 Å². The molecule has 0 aliphatic rings. The van der Waals surface area contributed by atoms with Crippen LogP contribution >= 0.6 is 0 Å². The van der Waals surface area contributed by atoms with Gasteiger partial charge in [-0.1, -0.05) is 44.2 Å². The van der Waals surface area contributed by atoms with Crippen LogP contribution in [0.5, 0.6) is 11.5 Å². The zero-order valence-electron chi connectivity index (χ0n) is 14.5. The number of rotatable bonds is 8. The summed E-state index contributed by atoms with van der Waals surface area (Å²) in [5.41, 5.74) is 1.62. The van der Waals surface area contributed by atoms with E-state index >= 15 is 0 Å². The van der Waals surface area contributed by atoms with E-state index in [1.165, 1.54) is 0 Å². The van der Waals surface area contributed by atoms with Gasteiger partial charge in [0.05, 0.1) is 13.7 Å². The molecule has 4 nitrogen and oxygen atoms in total. The first-order chi connectivity index (χ1) is 11.6. The standard InChI is InChI=1S/C20H25NO3/c1-15(2)11-12-24-18-10-9-17(13-19(18)23-3)20(22)21-14-16-7-5-4-6-8-16/h4-10,13,15H,11-12,14H2,1-3H3,(H,21,22). The van der Waals surface area contributed by atoms with Crippen LogP contribution in [0.2, 0.25) is 0 Å². The van der Waals surface area contributed by atoms with Gasteiger partial charge in [0.25, 0.3) is 5.91 Å². The minimum Gasteiger partial charge on any atom is -0.493 e. The van der Waals surface area contributed by atoms with Crippen LogP contribution in [-0.2, 0) is 6.54 Å². The van der Waals surface area contributed by atoms with E-state index in [0.717, 1.165) is 12.0 Å². The number of carbonyl (C=O) groups excluding carboxylic acids is 1. The molecule has 2 rings (SSSR count). The molecule has 2 aromatic carbocycles. The second-order valence-corrected chi connectivity index (χ2v) is 6.06. The Morgan fingerprint density at radius 2 is 1.83 bits per heavy atom. The predicted molar refractivity (Wildman–Crippen MR) is 95.6 cm³/mol. The van der Waals surface area contributed by atoms with E-state index in [9.17, 15) is 4.79 Å². The summed E-state index contributed by atoms with van der Waals surface area (Å²) in [6.45, 7) is 5.43. The van der Waals surface area contributed by atoms with Crippen molar-refractivity contribution in [1.82, 2.24) is 5.32 Å². The van der Waals surface area contributed by atoms with Crippen molar-refractivity contribution in [2.75, 3.05) is 13.7 Å². The van der Waals surface area contributed by atoms with Gasteiger partial charge in [-0.25, -0.2) is 0 Å². The molecular weight excluding hydrogens is 302 g/mol. The largest absolute Gasteiger partial charge is 0.493 e. The number of benzene rings is 2. The van der Waals surface area contributed by atoms with Crippen LogP contribution in [0.3, 0.4) is 0 Å². The highest BCUT2D eigenvalue weighted by Crippen LogP contribution is 2.28. The van der Waals surface area contributed by atoms with E-state index < -0.39 is 0 Å². The molecule has 0 atom stereocenters. The van der Waals surface area contributed by atoms with Crippen LogP contribution in [0.1, 0.15) is 36.2 Å². The molecule has 0 spiro atoms. The highest BCUT2D eigenvalue weighted by Gasteiger charge is 2.11. The summed E-state index contributed by atoms with van der Waals surface area (Å²) >= 11 is 0. The van der Waals surface area contributed by atoms with Crippen molar-refractivity contribution in [3.05, 3.63) is 59.7 Å². The van der Waals surface area contributed by atoms with Crippen LogP contribution in [0.25, 0.3) is 0 Å². The topological polar surface area (TPSA) is 47.6 Å². The molecule has 0 aliphatic heterocycles. The highest BCUT2D eigenvalue weighted by molar-refractivity contribution is 5.94. The number of hydrogen-bond acceptors (Lipinski definition) is 3. The lowest BCUT2D eigenvalue weighted by Crippen LogP contribution is -2.22. The maximum Gasteiger partial charge on any atom is 0.251 e. The molecule has 0 radical (unpaired) electrons. The third kappa shape index (κ3) is 5.30. The van der Waals surface area contributed by atoms with Crippen molar-refractivity contribution >= 4 is 5.91 Å². The van der Waals surface area contributed by atoms with Crippen LogP contribution in [-0.4, -0.2) is 19.6 Å². The molecule has 0 saturated heterocycles. The van der Waals surface area contributed by atoms with E-state index in [1.807, 2.05) is 30.3 Å². The predicted octanol–water partition coefficient (Wildman–Crippen LogP) is 4.05. The lowest BCUT2D eigenvalue weighted by Gasteiger charge is -2.13. The summed E-state index contributed by atoms with van der Waals surface area (Å²) in [6, 6.07) is 15.1. The first-order valence-electron chi connectivity index (χ1n) is 8.23. The molecule has 24 heavy (non-hydrogen) atoms. The number of carbonyl (C=O) groups is 1. The summed E-state index contributed by atoms with van der Waals surface area (Å²) in [6.07, 6.45) is 0.975. The molecule has 2 aromatic rings. The highest BCUT2D eigenvalue weighted by atomic mass is 16.5. The maximum atomic E-state index is 12.3. The van der Waals surface area contributed by atoms with Crippen LogP contribution in [0.4, 0.5) is 0 Å². The third-order valence-corrected chi connectivity index (χ3v) is 3.67. The normalized spacial score (nSPS) is 10.5. The average molecular weight is 327 g/mol. The summed E-state index contributed by atoms with van der Waals surface area (Å²) in [4.78, 5) is 12.3. The Labute approximate surface area is 143 Å². The number of amides is 1. The Hall–Kier alpha value is -2.49.